The fourth-order valence-corrected chi connectivity index (χ4v) is 10.7. The van der Waals surface area contributed by atoms with Crippen molar-refractivity contribution in [2.45, 2.75) is 372 Å². The quantitative estimate of drug-likeness (QED) is 0.0195. The highest BCUT2D eigenvalue weighted by molar-refractivity contribution is 5.80. The molecule has 0 spiro atoms. The van der Waals surface area contributed by atoms with Crippen LogP contribution in [-0.2, 0) is 23.8 Å². The molecule has 0 saturated carbocycles. The van der Waals surface area contributed by atoms with Crippen LogP contribution in [0.2, 0.25) is 0 Å². The number of rotatable bonds is 59. The average molecular weight is 1140 g/mol. The maximum Gasteiger partial charge on any atom is 0.306 e. The molecule has 0 aromatic heterocycles. The fraction of sp³-hybridized carbons (Fsp3) is 0.857. The maximum atomic E-state index is 13.4. The van der Waals surface area contributed by atoms with Gasteiger partial charge in [0.05, 0.1) is 25.4 Å². The molecule has 0 aromatic carbocycles. The van der Waals surface area contributed by atoms with Crippen molar-refractivity contribution in [2.75, 3.05) is 13.2 Å². The van der Waals surface area contributed by atoms with E-state index in [1.165, 1.54) is 212 Å². The van der Waals surface area contributed by atoms with Gasteiger partial charge in [0, 0.05) is 6.42 Å². The van der Waals surface area contributed by atoms with Crippen molar-refractivity contribution in [3.63, 3.8) is 0 Å². The van der Waals surface area contributed by atoms with Crippen LogP contribution in [0, 0.1) is 0 Å². The molecule has 0 bridgehead atoms. The van der Waals surface area contributed by atoms with Gasteiger partial charge in [-0.3, -0.25) is 9.59 Å². The second-order valence-electron chi connectivity index (χ2n) is 23.9. The van der Waals surface area contributed by atoms with E-state index < -0.39 is 67.4 Å². The van der Waals surface area contributed by atoms with Crippen molar-refractivity contribution >= 4 is 11.9 Å². The molecule has 0 aromatic rings. The number of esters is 1. The number of carbonyl (C=O) groups is 2. The van der Waals surface area contributed by atoms with Crippen LogP contribution in [0.4, 0.5) is 0 Å². The zero-order valence-corrected chi connectivity index (χ0v) is 52.7. The second kappa shape index (κ2) is 58.0. The van der Waals surface area contributed by atoms with E-state index in [-0.39, 0.29) is 19.4 Å². The molecule has 1 rings (SSSR count). The number of nitrogens with one attached hydrogen (secondary N) is 1. The van der Waals surface area contributed by atoms with Gasteiger partial charge in [-0.15, -0.1) is 0 Å². The second-order valence-corrected chi connectivity index (χ2v) is 23.9. The van der Waals surface area contributed by atoms with E-state index in [9.17, 15) is 35.1 Å². The van der Waals surface area contributed by atoms with Gasteiger partial charge in [-0.05, 0) is 83.5 Å². The molecule has 1 aliphatic heterocycles. The van der Waals surface area contributed by atoms with Crippen LogP contribution in [0.25, 0.3) is 0 Å². The molecule has 11 heteroatoms. The summed E-state index contributed by atoms with van der Waals surface area (Å²) in [4.78, 5) is 26.6. The minimum Gasteiger partial charge on any atom is -0.454 e. The first-order chi connectivity index (χ1) is 39.7. The predicted molar refractivity (Wildman–Crippen MR) is 338 cm³/mol. The summed E-state index contributed by atoms with van der Waals surface area (Å²) in [5, 5.41) is 57.0. The van der Waals surface area contributed by atoms with Crippen LogP contribution in [0.5, 0.6) is 0 Å². The Morgan fingerprint density at radius 2 is 0.852 bits per heavy atom. The molecule has 81 heavy (non-hydrogen) atoms. The molecule has 1 heterocycles. The van der Waals surface area contributed by atoms with Crippen LogP contribution < -0.4 is 5.32 Å². The average Bonchev–Trinajstić information content (AvgIpc) is 3.51. The first kappa shape index (κ1) is 76.6. The molecule has 1 aliphatic rings. The number of allylic oxidation sites excluding steroid dienone is 7. The summed E-state index contributed by atoms with van der Waals surface area (Å²) < 4.78 is 17.7. The van der Waals surface area contributed by atoms with Gasteiger partial charge in [0.15, 0.2) is 12.4 Å². The maximum absolute atomic E-state index is 13.4. The third-order valence-electron chi connectivity index (χ3n) is 16.2. The van der Waals surface area contributed by atoms with Crippen molar-refractivity contribution in [3.05, 3.63) is 48.6 Å². The number of unbranched alkanes of at least 4 members (excludes halogenated alkanes) is 39. The van der Waals surface area contributed by atoms with E-state index in [0.717, 1.165) is 64.2 Å². The Morgan fingerprint density at radius 1 is 0.481 bits per heavy atom. The van der Waals surface area contributed by atoms with E-state index in [1.807, 2.05) is 6.08 Å². The van der Waals surface area contributed by atoms with Gasteiger partial charge in [-0.2, -0.15) is 0 Å². The monoisotopic (exact) mass is 1140 g/mol. The Labute approximate surface area is 497 Å². The number of hydrogen-bond donors (Lipinski definition) is 6. The highest BCUT2D eigenvalue weighted by Crippen LogP contribution is 2.26. The molecule has 8 unspecified atom stereocenters. The number of ether oxygens (including phenoxy) is 3. The summed E-state index contributed by atoms with van der Waals surface area (Å²) in [5.74, 6) is -1.20. The molecule has 0 radical (unpaired) electrons. The number of aliphatic hydroxyl groups excluding tert-OH is 5. The minimum atomic E-state index is -1.61. The molecule has 1 fully saturated rings. The summed E-state index contributed by atoms with van der Waals surface area (Å²) in [5.41, 5.74) is 0. The van der Waals surface area contributed by atoms with Gasteiger partial charge in [-0.1, -0.05) is 281 Å². The van der Waals surface area contributed by atoms with Gasteiger partial charge in [0.2, 0.25) is 5.91 Å². The van der Waals surface area contributed by atoms with Crippen molar-refractivity contribution in [2.24, 2.45) is 0 Å². The zero-order chi connectivity index (χ0) is 58.9. The Morgan fingerprint density at radius 3 is 1.30 bits per heavy atom. The van der Waals surface area contributed by atoms with Gasteiger partial charge < -0.3 is 45.1 Å². The van der Waals surface area contributed by atoms with Crippen LogP contribution in [0.3, 0.4) is 0 Å². The lowest BCUT2D eigenvalue weighted by atomic mass is 9.99. The number of carbonyl (C=O) groups excluding carboxylic acids is 2. The molecular formula is C70H129NO10. The number of aliphatic hydroxyl groups is 5. The van der Waals surface area contributed by atoms with Crippen molar-refractivity contribution in [3.8, 4) is 0 Å². The highest BCUT2D eigenvalue weighted by Gasteiger charge is 2.47. The van der Waals surface area contributed by atoms with Crippen LogP contribution >= 0.6 is 0 Å². The predicted octanol–water partition coefficient (Wildman–Crippen LogP) is 17.2. The SMILES string of the molecule is CCCCC/C=C\C/C=C\CCCCCCCCCCCCCCCCCCCC(=O)OC1C(OCC(NC(=O)C(O)CCCC/C=C\CCCCCCCCC)C(O)/C=C/CCCCCCCCCCCC)OC(CO)C(O)C1O. The Hall–Kier alpha value is -2.38. The summed E-state index contributed by atoms with van der Waals surface area (Å²) >= 11 is 0. The zero-order valence-electron chi connectivity index (χ0n) is 52.7. The molecule has 8 atom stereocenters. The van der Waals surface area contributed by atoms with E-state index in [0.29, 0.717) is 12.8 Å². The largest absolute Gasteiger partial charge is 0.454 e. The Kier molecular flexibility index (Phi) is 54.9. The third-order valence-corrected chi connectivity index (χ3v) is 16.2. The van der Waals surface area contributed by atoms with Crippen molar-refractivity contribution in [1.29, 1.82) is 0 Å². The molecule has 1 amide bonds. The third kappa shape index (κ3) is 45.6. The number of amides is 1. The van der Waals surface area contributed by atoms with Gasteiger partial charge in [0.25, 0.3) is 0 Å². The molecular weight excluding hydrogens is 1010 g/mol. The first-order valence-corrected chi connectivity index (χ1v) is 34.4. The van der Waals surface area contributed by atoms with E-state index in [4.69, 9.17) is 14.2 Å². The molecule has 474 valence electrons. The lowest BCUT2D eigenvalue weighted by molar-refractivity contribution is -0.305. The molecule has 6 N–H and O–H groups in total. The van der Waals surface area contributed by atoms with E-state index >= 15 is 0 Å². The Bertz CT molecular complexity index is 1500. The van der Waals surface area contributed by atoms with E-state index in [1.54, 1.807) is 6.08 Å². The molecule has 0 aliphatic carbocycles. The summed E-state index contributed by atoms with van der Waals surface area (Å²) in [6.07, 6.45) is 61.7. The van der Waals surface area contributed by atoms with Gasteiger partial charge in [0.1, 0.15) is 24.4 Å². The standard InChI is InChI=1S/C70H129NO10/c1-4-7-10-13-16-19-22-25-26-27-28-29-30-31-32-33-34-35-36-37-38-40-43-46-49-52-55-58-65(75)81-68-67(77)66(76)64(59-72)80-70(68)79-60-61(62(73)56-53-50-47-44-41-24-21-18-15-12-9-6-3)71-69(78)63(74)57-54-51-48-45-42-39-23-20-17-14-11-8-5-2/h16,19,25-26,42,45,53,56,61-64,66-68,70,72-74,76-77H,4-15,17-18,20-24,27-41,43-44,46-52,54-55,57-60H2,1-3H3,(H,71,78)/b19-16-,26-25-,45-42-,56-53+. The lowest BCUT2D eigenvalue weighted by Crippen LogP contribution is -2.61. The van der Waals surface area contributed by atoms with Crippen LogP contribution in [0.15, 0.2) is 48.6 Å². The van der Waals surface area contributed by atoms with Crippen molar-refractivity contribution < 1.29 is 49.3 Å². The fourth-order valence-electron chi connectivity index (χ4n) is 10.7. The smallest absolute Gasteiger partial charge is 0.306 e. The number of hydrogen-bond acceptors (Lipinski definition) is 10. The van der Waals surface area contributed by atoms with Crippen molar-refractivity contribution in [1.82, 2.24) is 5.32 Å². The highest BCUT2D eigenvalue weighted by atomic mass is 16.7. The summed E-state index contributed by atoms with van der Waals surface area (Å²) in [6, 6.07) is -1.03. The summed E-state index contributed by atoms with van der Waals surface area (Å²) in [7, 11) is 0. The minimum absolute atomic E-state index is 0.124. The van der Waals surface area contributed by atoms with Gasteiger partial charge in [-0.25, -0.2) is 0 Å². The van der Waals surface area contributed by atoms with Gasteiger partial charge >= 0.3 is 5.97 Å². The van der Waals surface area contributed by atoms with Crippen LogP contribution in [0.1, 0.15) is 323 Å². The van der Waals surface area contributed by atoms with Crippen LogP contribution in [-0.4, -0.2) is 99.6 Å². The Balaban J connectivity index is 2.53. The topological polar surface area (TPSA) is 175 Å². The lowest BCUT2D eigenvalue weighted by Gasteiger charge is -2.41. The molecule has 11 nitrogen and oxygen atoms in total. The first-order valence-electron chi connectivity index (χ1n) is 34.4. The van der Waals surface area contributed by atoms with E-state index in [2.05, 4.69) is 62.5 Å². The summed E-state index contributed by atoms with van der Waals surface area (Å²) in [6.45, 7) is 5.78. The normalized spacial score (nSPS) is 18.9. The molecule has 1 saturated heterocycles.